The van der Waals surface area contributed by atoms with Crippen molar-refractivity contribution in [1.29, 1.82) is 0 Å². The van der Waals surface area contributed by atoms with Crippen LogP contribution in [0.2, 0.25) is 0 Å². The molecule has 34 heavy (non-hydrogen) atoms. The van der Waals surface area contributed by atoms with Gasteiger partial charge in [-0.15, -0.1) is 0 Å². The molecule has 0 spiro atoms. The summed E-state index contributed by atoms with van der Waals surface area (Å²) in [5.41, 5.74) is 8.21. The van der Waals surface area contributed by atoms with E-state index in [0.717, 1.165) is 22.4 Å². The van der Waals surface area contributed by atoms with Gasteiger partial charge in [0.2, 0.25) is 0 Å². The molecule has 3 aromatic rings. The second-order valence-electron chi connectivity index (χ2n) is 8.02. The Morgan fingerprint density at radius 3 is 2.41 bits per heavy atom. The van der Waals surface area contributed by atoms with Gasteiger partial charge in [0.1, 0.15) is 6.33 Å². The van der Waals surface area contributed by atoms with Gasteiger partial charge in [-0.25, -0.2) is 9.97 Å². The van der Waals surface area contributed by atoms with E-state index in [-0.39, 0.29) is 0 Å². The number of hydrogen-bond acceptors (Lipinski definition) is 2. The summed E-state index contributed by atoms with van der Waals surface area (Å²) in [6.45, 7) is 16.2. The monoisotopic (exact) mass is 450 g/mol. The molecule has 0 unspecified atom stereocenters. The van der Waals surface area contributed by atoms with Crippen LogP contribution in [0.4, 0.5) is 0 Å². The largest absolute Gasteiger partial charge is 0.245 e. The molecule has 0 fully saturated rings. The van der Waals surface area contributed by atoms with Crippen molar-refractivity contribution in [2.45, 2.75) is 54.4 Å². The van der Waals surface area contributed by atoms with Crippen molar-refractivity contribution in [2.24, 2.45) is 0 Å². The van der Waals surface area contributed by atoms with Gasteiger partial charge in [-0.2, -0.15) is 0 Å². The lowest BCUT2D eigenvalue weighted by Gasteiger charge is -2.14. The van der Waals surface area contributed by atoms with Crippen LogP contribution in [0.5, 0.6) is 0 Å². The molecule has 0 atom stereocenters. The number of benzene rings is 2. The second-order valence-corrected chi connectivity index (χ2v) is 8.02. The molecule has 4 rings (SSSR count). The van der Waals surface area contributed by atoms with Crippen LogP contribution in [0, 0.1) is 13.8 Å². The number of fused-ring (bicyclic) bond motifs is 1. The van der Waals surface area contributed by atoms with Gasteiger partial charge in [-0.05, 0) is 85.7 Å². The van der Waals surface area contributed by atoms with Gasteiger partial charge in [0.15, 0.2) is 0 Å². The lowest BCUT2D eigenvalue weighted by Crippen LogP contribution is -1.94. The zero-order chi connectivity index (χ0) is 24.9. The fraction of sp³-hybridized carbons (Fsp3) is 0.250. The molecule has 0 saturated carbocycles. The van der Waals surface area contributed by atoms with Crippen LogP contribution >= 0.6 is 0 Å². The normalized spacial score (nSPS) is 13.0. The molecule has 2 heteroatoms. The summed E-state index contributed by atoms with van der Waals surface area (Å²) >= 11 is 0. The van der Waals surface area contributed by atoms with Crippen molar-refractivity contribution in [2.75, 3.05) is 0 Å². The molecule has 1 heterocycles. The van der Waals surface area contributed by atoms with E-state index in [0.29, 0.717) is 0 Å². The molecule has 2 aromatic carbocycles. The molecule has 176 valence electrons. The van der Waals surface area contributed by atoms with E-state index < -0.39 is 0 Å². The average Bonchev–Trinajstić information content (AvgIpc) is 2.86. The van der Waals surface area contributed by atoms with E-state index in [4.69, 9.17) is 0 Å². The minimum Gasteiger partial charge on any atom is -0.245 e. The van der Waals surface area contributed by atoms with E-state index in [2.05, 4.69) is 105 Å². The fourth-order valence-electron chi connectivity index (χ4n) is 3.93. The minimum atomic E-state index is 0.985. The quantitative estimate of drug-likeness (QED) is 0.370. The molecular formula is C32H38N2. The molecule has 0 radical (unpaired) electrons. The second kappa shape index (κ2) is 13.9. The Morgan fingerprint density at radius 1 is 1.03 bits per heavy atom. The van der Waals surface area contributed by atoms with Gasteiger partial charge in [0.25, 0.3) is 0 Å². The van der Waals surface area contributed by atoms with E-state index in [1.807, 2.05) is 26.1 Å². The van der Waals surface area contributed by atoms with Crippen LogP contribution < -0.4 is 0 Å². The van der Waals surface area contributed by atoms with Crippen molar-refractivity contribution in [1.82, 2.24) is 9.97 Å². The third-order valence-corrected chi connectivity index (χ3v) is 5.57. The molecule has 1 aliphatic rings. The maximum atomic E-state index is 4.56. The van der Waals surface area contributed by atoms with Crippen LogP contribution in [0.1, 0.15) is 57.2 Å². The summed E-state index contributed by atoms with van der Waals surface area (Å²) in [5, 5.41) is 2.47. The third kappa shape index (κ3) is 6.99. The molecular weight excluding hydrogens is 412 g/mol. The molecule has 2 nitrogen and oxygen atoms in total. The van der Waals surface area contributed by atoms with E-state index >= 15 is 0 Å². The molecule has 0 amide bonds. The maximum Gasteiger partial charge on any atom is 0.116 e. The Morgan fingerprint density at radius 2 is 1.82 bits per heavy atom. The highest BCUT2D eigenvalue weighted by atomic mass is 14.8. The fourth-order valence-corrected chi connectivity index (χ4v) is 3.93. The van der Waals surface area contributed by atoms with Crippen LogP contribution in [-0.4, -0.2) is 9.97 Å². The van der Waals surface area contributed by atoms with Crippen LogP contribution in [-0.2, 0) is 0 Å². The predicted octanol–water partition coefficient (Wildman–Crippen LogP) is 9.37. The Labute approximate surface area is 206 Å². The van der Waals surface area contributed by atoms with Crippen molar-refractivity contribution in [3.05, 3.63) is 114 Å². The highest BCUT2D eigenvalue weighted by molar-refractivity contribution is 6.01. The third-order valence-electron chi connectivity index (χ3n) is 5.57. The zero-order valence-electron chi connectivity index (χ0n) is 21.6. The summed E-state index contributed by atoms with van der Waals surface area (Å²) in [6.07, 6.45) is 20.6. The number of allylic oxidation sites excluding steroid dienone is 9. The molecule has 0 saturated heterocycles. The van der Waals surface area contributed by atoms with Gasteiger partial charge in [-0.1, -0.05) is 86.7 Å². The van der Waals surface area contributed by atoms with E-state index in [1.165, 1.54) is 40.3 Å². The summed E-state index contributed by atoms with van der Waals surface area (Å²) in [4.78, 5) is 8.71. The van der Waals surface area contributed by atoms with Crippen molar-refractivity contribution < 1.29 is 0 Å². The highest BCUT2D eigenvalue weighted by Gasteiger charge is 2.13. The molecule has 1 aromatic heterocycles. The lowest BCUT2D eigenvalue weighted by molar-refractivity contribution is 1.02. The first-order chi connectivity index (χ1) is 16.5. The topological polar surface area (TPSA) is 25.8 Å². The van der Waals surface area contributed by atoms with Crippen LogP contribution in [0.15, 0.2) is 97.5 Å². The summed E-state index contributed by atoms with van der Waals surface area (Å²) < 4.78 is 0. The van der Waals surface area contributed by atoms with Gasteiger partial charge < -0.3 is 0 Å². The molecule has 0 N–H and O–H groups in total. The molecule has 0 aliphatic heterocycles. The predicted molar refractivity (Wildman–Crippen MR) is 151 cm³/mol. The Kier molecular flexibility index (Phi) is 10.9. The minimum absolute atomic E-state index is 0.985. The van der Waals surface area contributed by atoms with Crippen molar-refractivity contribution >= 4 is 16.3 Å². The Bertz CT molecular complexity index is 1220. The highest BCUT2D eigenvalue weighted by Crippen LogP contribution is 2.35. The maximum absolute atomic E-state index is 4.56. The molecule has 1 aliphatic carbocycles. The Balaban J connectivity index is 0.000000384. The first-order valence-corrected chi connectivity index (χ1v) is 12.1. The summed E-state index contributed by atoms with van der Waals surface area (Å²) in [7, 11) is 0. The average molecular weight is 451 g/mol. The SMILES string of the molecule is C=C/C=C\C(=C/C)c1cc(-c2ncncc2C)c2c(C)cccc2c1.CC.CC1=CCCC=C1. The lowest BCUT2D eigenvalue weighted by atomic mass is 9.91. The standard InChI is InChI=1S/C23H22N2.C7H10.C2H6/c1-5-7-10-18(6-2)20-12-19-11-8-9-16(3)22(19)21(13-20)23-17(4)14-24-15-25-23;1-7-5-3-2-4-6-7;1-2/h5-15H,1H2,2-4H3;3,5-6H,2,4H2,1H3;1-2H3/b10-7-,18-6+;;. The van der Waals surface area contributed by atoms with Crippen LogP contribution in [0.25, 0.3) is 27.6 Å². The number of hydrogen-bond donors (Lipinski definition) is 0. The van der Waals surface area contributed by atoms with Crippen LogP contribution in [0.3, 0.4) is 0 Å². The number of aryl methyl sites for hydroxylation is 2. The number of rotatable bonds is 4. The molecule has 0 bridgehead atoms. The summed E-state index contributed by atoms with van der Waals surface area (Å²) in [6, 6.07) is 10.9. The zero-order valence-corrected chi connectivity index (χ0v) is 21.6. The first kappa shape index (κ1) is 26.7. The van der Waals surface area contributed by atoms with Crippen molar-refractivity contribution in [3.63, 3.8) is 0 Å². The van der Waals surface area contributed by atoms with Gasteiger partial charge in [0, 0.05) is 11.8 Å². The first-order valence-electron chi connectivity index (χ1n) is 12.1. The number of aromatic nitrogens is 2. The van der Waals surface area contributed by atoms with Crippen molar-refractivity contribution in [3.8, 4) is 11.3 Å². The van der Waals surface area contributed by atoms with Gasteiger partial charge >= 0.3 is 0 Å². The van der Waals surface area contributed by atoms with E-state index in [1.54, 1.807) is 12.4 Å². The smallest absolute Gasteiger partial charge is 0.116 e. The van der Waals surface area contributed by atoms with E-state index in [9.17, 15) is 0 Å². The Hall–Kier alpha value is -3.52. The number of nitrogens with zero attached hydrogens (tertiary/aromatic N) is 2. The van der Waals surface area contributed by atoms with Gasteiger partial charge in [0.05, 0.1) is 5.69 Å². The summed E-state index contributed by atoms with van der Waals surface area (Å²) in [5.74, 6) is 0. The van der Waals surface area contributed by atoms with Gasteiger partial charge in [-0.3, -0.25) is 0 Å².